The van der Waals surface area contributed by atoms with Crippen LogP contribution in [0.2, 0.25) is 5.02 Å². The minimum absolute atomic E-state index is 0.0475. The first-order valence-corrected chi connectivity index (χ1v) is 4.91. The van der Waals surface area contributed by atoms with Crippen molar-refractivity contribution in [1.82, 2.24) is 0 Å². The second kappa shape index (κ2) is 4.61. The fraction of sp³-hybridized carbons (Fsp3) is 0.455. The third kappa shape index (κ3) is 2.22. The van der Waals surface area contributed by atoms with Gasteiger partial charge in [0.15, 0.2) is 0 Å². The molecule has 0 N–H and O–H groups in total. The lowest BCUT2D eigenvalue weighted by molar-refractivity contribution is 0.446. The number of hydrogen-bond donors (Lipinski definition) is 0. The number of alkyl halides is 1. The first-order valence-electron chi connectivity index (χ1n) is 4.54. The minimum atomic E-state index is -0.326. The van der Waals surface area contributed by atoms with Gasteiger partial charge in [0, 0.05) is 10.9 Å². The molecule has 0 heterocycles. The Balaban J connectivity index is 3.12. The van der Waals surface area contributed by atoms with E-state index in [1.807, 2.05) is 32.0 Å². The summed E-state index contributed by atoms with van der Waals surface area (Å²) in [5, 5.41) is 0.750. The quantitative estimate of drug-likeness (QED) is 0.693. The molecule has 0 aromatic heterocycles. The second-order valence-corrected chi connectivity index (χ2v) is 3.62. The van der Waals surface area contributed by atoms with Crippen LogP contribution < -0.4 is 0 Å². The van der Waals surface area contributed by atoms with E-state index < -0.39 is 0 Å². The summed E-state index contributed by atoms with van der Waals surface area (Å²) in [5.41, 5.74) is 2.12. The molecule has 0 radical (unpaired) electrons. The van der Waals surface area contributed by atoms with Gasteiger partial charge in [-0.05, 0) is 23.6 Å². The molecule has 2 heteroatoms. The average molecular weight is 201 g/mol. The maximum Gasteiger partial charge on any atom is 0.0960 e. The van der Waals surface area contributed by atoms with Gasteiger partial charge in [0.2, 0.25) is 0 Å². The summed E-state index contributed by atoms with van der Waals surface area (Å²) in [5.74, 6) is -0.0475. The molecule has 1 aromatic carbocycles. The highest BCUT2D eigenvalue weighted by Crippen LogP contribution is 2.26. The van der Waals surface area contributed by atoms with Crippen LogP contribution >= 0.6 is 11.6 Å². The Morgan fingerprint density at radius 2 is 2.15 bits per heavy atom. The lowest BCUT2D eigenvalue weighted by atomic mass is 9.95. The van der Waals surface area contributed by atoms with E-state index in [1.165, 1.54) is 0 Å². The van der Waals surface area contributed by atoms with Gasteiger partial charge in [-0.15, -0.1) is 0 Å². The molecule has 1 aromatic rings. The van der Waals surface area contributed by atoms with Crippen molar-refractivity contribution in [2.75, 3.05) is 6.67 Å². The Morgan fingerprint density at radius 3 is 2.69 bits per heavy atom. The summed E-state index contributed by atoms with van der Waals surface area (Å²) in [6.07, 6.45) is 0.860. The maximum absolute atomic E-state index is 12.5. The third-order valence-corrected chi connectivity index (χ3v) is 2.63. The van der Waals surface area contributed by atoms with Gasteiger partial charge in [0.25, 0.3) is 0 Å². The largest absolute Gasteiger partial charge is 0.250 e. The van der Waals surface area contributed by atoms with Crippen LogP contribution in [-0.2, 0) is 6.42 Å². The van der Waals surface area contributed by atoms with Crippen molar-refractivity contribution in [3.05, 3.63) is 34.3 Å². The molecule has 0 bridgehead atoms. The average Bonchev–Trinajstić information content (AvgIpc) is 2.16. The van der Waals surface area contributed by atoms with E-state index in [0.29, 0.717) is 0 Å². The van der Waals surface area contributed by atoms with E-state index >= 15 is 0 Å². The predicted octanol–water partition coefficient (Wildman–Crippen LogP) is 3.98. The molecule has 0 spiro atoms. The Kier molecular flexibility index (Phi) is 3.73. The van der Waals surface area contributed by atoms with Gasteiger partial charge in [-0.25, -0.2) is 0 Å². The number of rotatable bonds is 3. The maximum atomic E-state index is 12.5. The van der Waals surface area contributed by atoms with Crippen LogP contribution in [0.15, 0.2) is 18.2 Å². The first kappa shape index (κ1) is 10.5. The van der Waals surface area contributed by atoms with E-state index in [0.717, 1.165) is 22.6 Å². The van der Waals surface area contributed by atoms with E-state index in [4.69, 9.17) is 11.6 Å². The molecule has 0 saturated heterocycles. The first-order chi connectivity index (χ1) is 6.20. The minimum Gasteiger partial charge on any atom is -0.250 e. The molecule has 0 nitrogen and oxygen atoms in total. The van der Waals surface area contributed by atoms with Crippen LogP contribution in [0.3, 0.4) is 0 Å². The Bertz CT molecular complexity index is 283. The van der Waals surface area contributed by atoms with Gasteiger partial charge in [-0.2, -0.15) is 0 Å². The Labute approximate surface area is 83.7 Å². The lowest BCUT2D eigenvalue weighted by Crippen LogP contribution is -2.00. The fourth-order valence-electron chi connectivity index (χ4n) is 1.49. The number of halogens is 2. The Morgan fingerprint density at radius 1 is 1.46 bits per heavy atom. The predicted molar refractivity (Wildman–Crippen MR) is 55.2 cm³/mol. The topological polar surface area (TPSA) is 0 Å². The van der Waals surface area contributed by atoms with Crippen molar-refractivity contribution in [2.45, 2.75) is 26.2 Å². The summed E-state index contributed by atoms with van der Waals surface area (Å²) in [4.78, 5) is 0. The molecule has 13 heavy (non-hydrogen) atoms. The zero-order valence-corrected chi connectivity index (χ0v) is 8.74. The van der Waals surface area contributed by atoms with Crippen molar-refractivity contribution in [3.8, 4) is 0 Å². The van der Waals surface area contributed by atoms with E-state index in [2.05, 4.69) is 0 Å². The van der Waals surface area contributed by atoms with Crippen LogP contribution in [-0.4, -0.2) is 6.67 Å². The number of benzene rings is 1. The van der Waals surface area contributed by atoms with Crippen LogP contribution in [0.25, 0.3) is 0 Å². The van der Waals surface area contributed by atoms with E-state index in [-0.39, 0.29) is 12.6 Å². The van der Waals surface area contributed by atoms with Crippen molar-refractivity contribution in [1.29, 1.82) is 0 Å². The molecule has 0 aliphatic rings. The van der Waals surface area contributed by atoms with Gasteiger partial charge in [-0.3, -0.25) is 4.39 Å². The SMILES string of the molecule is CCc1c(Cl)cccc1C(C)CF. The number of hydrogen-bond acceptors (Lipinski definition) is 0. The zero-order chi connectivity index (χ0) is 9.84. The molecule has 0 aliphatic carbocycles. The Hall–Kier alpha value is -0.560. The normalized spacial score (nSPS) is 12.9. The molecular weight excluding hydrogens is 187 g/mol. The van der Waals surface area contributed by atoms with Crippen LogP contribution in [0.4, 0.5) is 4.39 Å². The van der Waals surface area contributed by atoms with Crippen molar-refractivity contribution in [3.63, 3.8) is 0 Å². The van der Waals surface area contributed by atoms with Crippen LogP contribution in [0.1, 0.15) is 30.9 Å². The highest BCUT2D eigenvalue weighted by Gasteiger charge is 2.11. The van der Waals surface area contributed by atoms with Gasteiger partial charge < -0.3 is 0 Å². The standard InChI is InChI=1S/C11H14ClF/c1-3-9-10(8(2)7-13)5-4-6-11(9)12/h4-6,8H,3,7H2,1-2H3. The van der Waals surface area contributed by atoms with Gasteiger partial charge in [-0.1, -0.05) is 37.6 Å². The third-order valence-electron chi connectivity index (χ3n) is 2.27. The van der Waals surface area contributed by atoms with Crippen LogP contribution in [0, 0.1) is 0 Å². The molecule has 1 unspecified atom stereocenters. The summed E-state index contributed by atoms with van der Waals surface area (Å²) in [7, 11) is 0. The van der Waals surface area contributed by atoms with Crippen LogP contribution in [0.5, 0.6) is 0 Å². The summed E-state index contributed by atoms with van der Waals surface area (Å²) < 4.78 is 12.5. The lowest BCUT2D eigenvalue weighted by Gasteiger charge is -2.13. The van der Waals surface area contributed by atoms with E-state index in [1.54, 1.807) is 0 Å². The smallest absolute Gasteiger partial charge is 0.0960 e. The second-order valence-electron chi connectivity index (χ2n) is 3.22. The van der Waals surface area contributed by atoms with E-state index in [9.17, 15) is 4.39 Å². The highest BCUT2D eigenvalue weighted by molar-refractivity contribution is 6.31. The molecule has 0 saturated carbocycles. The summed E-state index contributed by atoms with van der Waals surface area (Å²) >= 11 is 6.01. The highest BCUT2D eigenvalue weighted by atomic mass is 35.5. The molecular formula is C11H14ClF. The van der Waals surface area contributed by atoms with Gasteiger partial charge >= 0.3 is 0 Å². The van der Waals surface area contributed by atoms with Gasteiger partial charge in [0.05, 0.1) is 6.67 Å². The zero-order valence-electron chi connectivity index (χ0n) is 7.98. The molecule has 1 atom stereocenters. The van der Waals surface area contributed by atoms with Crippen molar-refractivity contribution in [2.24, 2.45) is 0 Å². The van der Waals surface area contributed by atoms with Gasteiger partial charge in [0.1, 0.15) is 0 Å². The fourth-order valence-corrected chi connectivity index (χ4v) is 1.81. The monoisotopic (exact) mass is 200 g/mol. The molecule has 0 amide bonds. The molecule has 1 rings (SSSR count). The molecule has 0 fully saturated rings. The van der Waals surface area contributed by atoms with Crippen molar-refractivity contribution >= 4 is 11.6 Å². The molecule has 72 valence electrons. The molecule has 0 aliphatic heterocycles. The summed E-state index contributed by atoms with van der Waals surface area (Å²) in [6.45, 7) is 3.59. The summed E-state index contributed by atoms with van der Waals surface area (Å²) in [6, 6.07) is 5.69. The van der Waals surface area contributed by atoms with Crippen molar-refractivity contribution < 1.29 is 4.39 Å².